The molecule has 0 radical (unpaired) electrons. The van der Waals surface area contributed by atoms with Crippen molar-refractivity contribution in [1.29, 1.82) is 0 Å². The number of rotatable bonds is 8. The molecule has 12 heteroatoms. The number of aromatic carboxylic acids is 1. The van der Waals surface area contributed by atoms with Crippen LogP contribution in [0.3, 0.4) is 0 Å². The quantitative estimate of drug-likeness (QED) is 0.378. The fourth-order valence-corrected chi connectivity index (χ4v) is 5.04. The molecule has 33 heavy (non-hydrogen) atoms. The van der Waals surface area contributed by atoms with Crippen LogP contribution in [0.4, 0.5) is 17.2 Å². The maximum Gasteiger partial charge on any atom is 0.338 e. The third kappa shape index (κ3) is 4.34. The minimum absolute atomic E-state index is 0.0243. The highest BCUT2D eigenvalue weighted by molar-refractivity contribution is 7.92. The third-order valence-corrected chi connectivity index (χ3v) is 7.26. The topological polar surface area (TPSA) is 155 Å². The van der Waals surface area contributed by atoms with E-state index in [2.05, 4.69) is 15.0 Å². The molecule has 1 aromatic carbocycles. The van der Waals surface area contributed by atoms with Gasteiger partial charge in [-0.2, -0.15) is 11.3 Å². The number of hydrogen-bond donors (Lipinski definition) is 4. The first-order valence-electron chi connectivity index (χ1n) is 9.91. The molecule has 0 spiro atoms. The molecule has 0 bridgehead atoms. The number of primary amides is 1. The Hall–Kier alpha value is -3.64. The first-order chi connectivity index (χ1) is 15.7. The van der Waals surface area contributed by atoms with Crippen LogP contribution in [-0.2, 0) is 14.8 Å². The number of hydrogen-bond acceptors (Lipinski definition) is 8. The van der Waals surface area contributed by atoms with Gasteiger partial charge in [0.05, 0.1) is 17.0 Å². The zero-order valence-corrected chi connectivity index (χ0v) is 19.1. The summed E-state index contributed by atoms with van der Waals surface area (Å²) in [4.78, 5) is 30.6. The van der Waals surface area contributed by atoms with Gasteiger partial charge in [-0.1, -0.05) is 12.1 Å². The molecule has 4 rings (SSSR count). The average molecular weight is 488 g/mol. The van der Waals surface area contributed by atoms with Crippen LogP contribution in [0.5, 0.6) is 0 Å². The molecule has 3 heterocycles. The minimum Gasteiger partial charge on any atom is -0.478 e. The number of amides is 1. The van der Waals surface area contributed by atoms with Crippen molar-refractivity contribution in [2.45, 2.75) is 19.1 Å². The van der Waals surface area contributed by atoms with Gasteiger partial charge >= 0.3 is 5.97 Å². The van der Waals surface area contributed by atoms with Gasteiger partial charge < -0.3 is 21.1 Å². The summed E-state index contributed by atoms with van der Waals surface area (Å²) in [6.45, 7) is 1.52. The van der Waals surface area contributed by atoms with Gasteiger partial charge in [0, 0.05) is 17.4 Å². The summed E-state index contributed by atoms with van der Waals surface area (Å²) >= 11 is 1.46. The van der Waals surface area contributed by atoms with Gasteiger partial charge in [0.25, 0.3) is 0 Å². The second kappa shape index (κ2) is 8.71. The summed E-state index contributed by atoms with van der Waals surface area (Å²) in [5, 5.41) is 16.7. The molecule has 0 aliphatic carbocycles. The lowest BCUT2D eigenvalue weighted by atomic mass is 10.0. The Kier molecular flexibility index (Phi) is 5.95. The van der Waals surface area contributed by atoms with Crippen LogP contribution >= 0.6 is 11.3 Å². The van der Waals surface area contributed by atoms with E-state index in [1.807, 2.05) is 16.8 Å². The Balaban J connectivity index is 1.82. The second-order valence-corrected chi connectivity index (χ2v) is 10.1. The first kappa shape index (κ1) is 22.6. The monoisotopic (exact) mass is 487 g/mol. The molecule has 1 amide bonds. The predicted molar refractivity (Wildman–Crippen MR) is 126 cm³/mol. The highest BCUT2D eigenvalue weighted by Gasteiger charge is 2.41. The number of nitrogens with two attached hydrogens (primary N) is 1. The van der Waals surface area contributed by atoms with Crippen LogP contribution in [0.1, 0.15) is 40.6 Å². The number of sulfonamides is 1. The molecule has 10 nitrogen and oxygen atoms in total. The van der Waals surface area contributed by atoms with Crippen LogP contribution in [0.15, 0.2) is 53.4 Å². The number of nitrogens with one attached hydrogen (secondary N) is 2. The van der Waals surface area contributed by atoms with Crippen molar-refractivity contribution < 1.29 is 23.1 Å². The summed E-state index contributed by atoms with van der Waals surface area (Å²) in [7, 11) is -3.47. The Labute approximate surface area is 194 Å². The smallest absolute Gasteiger partial charge is 0.338 e. The fraction of sp³-hybridized carbons (Fsp3) is 0.190. The Morgan fingerprint density at radius 2 is 2.00 bits per heavy atom. The lowest BCUT2D eigenvalue weighted by Crippen LogP contribution is -2.40. The fourth-order valence-electron chi connectivity index (χ4n) is 3.72. The van der Waals surface area contributed by atoms with E-state index in [4.69, 9.17) is 5.73 Å². The molecule has 2 atom stereocenters. The zero-order chi connectivity index (χ0) is 23.8. The number of carboxylic acids is 1. The number of carboxylic acid groups (broad SMARTS) is 1. The number of pyridine rings is 1. The Morgan fingerprint density at radius 1 is 1.27 bits per heavy atom. The number of carbonyl (C=O) groups is 2. The molecule has 3 aromatic rings. The highest BCUT2D eigenvalue weighted by Crippen LogP contribution is 2.47. The standard InChI is InChI=1S/C21H21N5O5S2/c1-2-33(30,31)25-14-5-3-12(4-6-14)16(18(22)27)26-17-15(21(28)29)7-9-23-19(17)24-20(26)13-8-10-32-11-13/h3-11,16,20,25H,2H2,1H3,(H2,22,27)(H,23,24)(H,28,29). The SMILES string of the molecule is CCS(=O)(=O)Nc1ccc(C(C(N)=O)N2c3c(C(=O)O)ccnc3NC2c2ccsc2)cc1. The van der Waals surface area contributed by atoms with Crippen molar-refractivity contribution in [3.05, 3.63) is 70.0 Å². The minimum atomic E-state index is -3.47. The number of benzene rings is 1. The third-order valence-electron chi connectivity index (χ3n) is 5.25. The van der Waals surface area contributed by atoms with Gasteiger partial charge in [-0.25, -0.2) is 18.2 Å². The van der Waals surface area contributed by atoms with E-state index in [9.17, 15) is 23.1 Å². The lowest BCUT2D eigenvalue weighted by Gasteiger charge is -2.33. The number of carbonyl (C=O) groups excluding carboxylic acids is 1. The van der Waals surface area contributed by atoms with E-state index < -0.39 is 34.1 Å². The number of fused-ring (bicyclic) bond motifs is 1. The van der Waals surface area contributed by atoms with E-state index in [0.717, 1.165) is 5.56 Å². The molecule has 1 aliphatic rings. The number of nitrogens with zero attached hydrogens (tertiary/aromatic N) is 2. The van der Waals surface area contributed by atoms with Gasteiger partial charge in [0.1, 0.15) is 12.2 Å². The van der Waals surface area contributed by atoms with Crippen molar-refractivity contribution >= 4 is 50.4 Å². The van der Waals surface area contributed by atoms with E-state index in [-0.39, 0.29) is 17.0 Å². The first-order valence-corrected chi connectivity index (χ1v) is 12.5. The van der Waals surface area contributed by atoms with Gasteiger partial charge in [-0.05, 0) is 47.5 Å². The van der Waals surface area contributed by atoms with Gasteiger partial charge in [-0.3, -0.25) is 9.52 Å². The molecule has 2 unspecified atom stereocenters. The van der Waals surface area contributed by atoms with Crippen molar-refractivity contribution in [2.24, 2.45) is 5.73 Å². The number of thiophene rings is 1. The van der Waals surface area contributed by atoms with Gasteiger partial charge in [0.2, 0.25) is 15.9 Å². The molecule has 5 N–H and O–H groups in total. The largest absolute Gasteiger partial charge is 0.478 e. The van der Waals surface area contributed by atoms with Gasteiger partial charge in [-0.15, -0.1) is 0 Å². The molecule has 0 saturated carbocycles. The summed E-state index contributed by atoms with van der Waals surface area (Å²) in [5.41, 5.74) is 7.67. The highest BCUT2D eigenvalue weighted by atomic mass is 32.2. The maximum atomic E-state index is 12.7. The van der Waals surface area contributed by atoms with Crippen molar-refractivity contribution in [2.75, 3.05) is 20.7 Å². The van der Waals surface area contributed by atoms with Gasteiger partial charge in [0.15, 0.2) is 5.82 Å². The van der Waals surface area contributed by atoms with Crippen molar-refractivity contribution in [3.63, 3.8) is 0 Å². The molecule has 1 aliphatic heterocycles. The zero-order valence-electron chi connectivity index (χ0n) is 17.4. The normalized spacial score (nSPS) is 16.0. The molecule has 0 fully saturated rings. The molecular formula is C21H21N5O5S2. The Morgan fingerprint density at radius 3 is 2.58 bits per heavy atom. The summed E-state index contributed by atoms with van der Waals surface area (Å²) in [6, 6.07) is 8.41. The van der Waals surface area contributed by atoms with Crippen molar-refractivity contribution in [3.8, 4) is 0 Å². The second-order valence-electron chi connectivity index (χ2n) is 7.30. The van der Waals surface area contributed by atoms with Crippen molar-refractivity contribution in [1.82, 2.24) is 4.98 Å². The lowest BCUT2D eigenvalue weighted by molar-refractivity contribution is -0.119. The predicted octanol–water partition coefficient (Wildman–Crippen LogP) is 2.76. The van der Waals surface area contributed by atoms with Crippen LogP contribution in [0, 0.1) is 0 Å². The van der Waals surface area contributed by atoms with E-state index >= 15 is 0 Å². The molecule has 172 valence electrons. The van der Waals surface area contributed by atoms with E-state index in [1.165, 1.54) is 42.7 Å². The van der Waals surface area contributed by atoms with Crippen LogP contribution in [0.2, 0.25) is 0 Å². The molecular weight excluding hydrogens is 466 g/mol. The van der Waals surface area contributed by atoms with E-state index in [0.29, 0.717) is 17.1 Å². The molecule has 2 aromatic heterocycles. The average Bonchev–Trinajstić information content (AvgIpc) is 3.43. The number of anilines is 3. The van der Waals surface area contributed by atoms with Crippen LogP contribution in [-0.4, -0.2) is 36.1 Å². The maximum absolute atomic E-state index is 12.7. The summed E-state index contributed by atoms with van der Waals surface area (Å²) in [5.74, 6) is -1.63. The Bertz CT molecular complexity index is 1290. The number of aromatic nitrogens is 1. The van der Waals surface area contributed by atoms with Crippen LogP contribution in [0.25, 0.3) is 0 Å². The van der Waals surface area contributed by atoms with Crippen LogP contribution < -0.4 is 20.7 Å². The summed E-state index contributed by atoms with van der Waals surface area (Å²) in [6.07, 6.45) is 0.798. The van der Waals surface area contributed by atoms with E-state index in [1.54, 1.807) is 17.0 Å². The molecule has 0 saturated heterocycles. The summed E-state index contributed by atoms with van der Waals surface area (Å²) < 4.78 is 26.2.